The van der Waals surface area contributed by atoms with Gasteiger partial charge in [0.1, 0.15) is 5.82 Å². The maximum atomic E-state index is 4.54. The molecule has 0 spiro atoms. The highest BCUT2D eigenvalue weighted by atomic mass is 32.1. The van der Waals surface area contributed by atoms with E-state index >= 15 is 0 Å². The summed E-state index contributed by atoms with van der Waals surface area (Å²) in [5, 5.41) is 5.64. The first-order chi connectivity index (χ1) is 7.33. The number of aromatic amines is 1. The van der Waals surface area contributed by atoms with Crippen LogP contribution in [0.25, 0.3) is 10.9 Å². The third kappa shape index (κ3) is 2.06. The van der Waals surface area contributed by atoms with Gasteiger partial charge in [0, 0.05) is 10.9 Å². The predicted octanol–water partition coefficient (Wildman–Crippen LogP) is 3.64. The first kappa shape index (κ1) is 9.90. The van der Waals surface area contributed by atoms with Crippen molar-refractivity contribution < 1.29 is 0 Å². The lowest BCUT2D eigenvalue weighted by atomic mass is 10.2. The Kier molecular flexibility index (Phi) is 2.81. The van der Waals surface area contributed by atoms with E-state index in [0.717, 1.165) is 16.6 Å². The zero-order valence-electron chi connectivity index (χ0n) is 7.52. The van der Waals surface area contributed by atoms with E-state index in [9.17, 15) is 0 Å². The second kappa shape index (κ2) is 4.26. The average molecular weight is 231 g/mol. The molecule has 0 fully saturated rings. The number of fused-ring (bicyclic) bond motifs is 1. The number of isothiocyanates is 2. The van der Waals surface area contributed by atoms with Gasteiger partial charge in [-0.1, -0.05) is 0 Å². The Morgan fingerprint density at radius 2 is 1.87 bits per heavy atom. The van der Waals surface area contributed by atoms with Crippen molar-refractivity contribution in [3.8, 4) is 0 Å². The molecule has 0 aliphatic carbocycles. The summed E-state index contributed by atoms with van der Waals surface area (Å²) < 4.78 is 0. The number of thiocarbonyl (C=S) groups is 2. The van der Waals surface area contributed by atoms with Gasteiger partial charge in [-0.05, 0) is 48.7 Å². The van der Waals surface area contributed by atoms with Crippen LogP contribution in [0.5, 0.6) is 0 Å². The van der Waals surface area contributed by atoms with Crippen LogP contribution in [0, 0.1) is 0 Å². The van der Waals surface area contributed by atoms with Crippen molar-refractivity contribution in [2.45, 2.75) is 0 Å². The van der Waals surface area contributed by atoms with Gasteiger partial charge >= 0.3 is 0 Å². The van der Waals surface area contributed by atoms with Crippen LogP contribution in [0.4, 0.5) is 11.5 Å². The van der Waals surface area contributed by atoms with Crippen LogP contribution in [0.2, 0.25) is 0 Å². The highest BCUT2D eigenvalue weighted by molar-refractivity contribution is 7.78. The van der Waals surface area contributed by atoms with E-state index in [4.69, 9.17) is 0 Å². The van der Waals surface area contributed by atoms with Crippen LogP contribution in [-0.4, -0.2) is 15.3 Å². The molecule has 72 valence electrons. The monoisotopic (exact) mass is 231 g/mol. The summed E-state index contributed by atoms with van der Waals surface area (Å²) in [6, 6.07) is 7.52. The normalized spacial score (nSPS) is 9.33. The Morgan fingerprint density at radius 1 is 1.07 bits per heavy atom. The SMILES string of the molecule is S=C=Nc1ccc2[nH]c(N=C=S)cc2c1. The van der Waals surface area contributed by atoms with E-state index in [2.05, 4.69) is 49.7 Å². The molecule has 0 aliphatic rings. The highest BCUT2D eigenvalue weighted by Gasteiger charge is 1.99. The summed E-state index contributed by atoms with van der Waals surface area (Å²) in [4.78, 5) is 10.8. The Balaban J connectivity index is 2.61. The van der Waals surface area contributed by atoms with Crippen molar-refractivity contribution in [1.29, 1.82) is 0 Å². The molecule has 1 heterocycles. The number of aliphatic imine (C=N–C) groups is 2. The number of rotatable bonds is 2. The number of aromatic nitrogens is 1. The van der Waals surface area contributed by atoms with Crippen molar-refractivity contribution in [2.24, 2.45) is 9.98 Å². The molecule has 0 saturated carbocycles. The number of nitrogens with one attached hydrogen (secondary N) is 1. The topological polar surface area (TPSA) is 40.5 Å². The molecular formula is C10H5N3S2. The summed E-state index contributed by atoms with van der Waals surface area (Å²) in [6.45, 7) is 0. The number of benzene rings is 1. The number of hydrogen-bond donors (Lipinski definition) is 1. The molecule has 0 unspecified atom stereocenters. The summed E-state index contributed by atoms with van der Waals surface area (Å²) in [6.07, 6.45) is 0. The molecule has 0 atom stereocenters. The van der Waals surface area contributed by atoms with Gasteiger partial charge in [-0.15, -0.1) is 0 Å². The van der Waals surface area contributed by atoms with Crippen LogP contribution in [0.15, 0.2) is 34.3 Å². The lowest BCUT2D eigenvalue weighted by Gasteiger charge is -1.90. The van der Waals surface area contributed by atoms with E-state index in [1.165, 1.54) is 0 Å². The summed E-state index contributed by atoms with van der Waals surface area (Å²) in [7, 11) is 0. The molecular weight excluding hydrogens is 226 g/mol. The van der Waals surface area contributed by atoms with Crippen LogP contribution >= 0.6 is 24.4 Å². The smallest absolute Gasteiger partial charge is 0.141 e. The van der Waals surface area contributed by atoms with Gasteiger partial charge in [-0.25, -0.2) is 0 Å². The fourth-order valence-corrected chi connectivity index (χ4v) is 1.54. The molecule has 3 nitrogen and oxygen atoms in total. The lowest BCUT2D eigenvalue weighted by molar-refractivity contribution is 1.39. The zero-order chi connectivity index (χ0) is 10.7. The molecule has 5 heteroatoms. The number of hydrogen-bond acceptors (Lipinski definition) is 4. The average Bonchev–Trinajstić information content (AvgIpc) is 2.60. The molecule has 0 aliphatic heterocycles. The van der Waals surface area contributed by atoms with Crippen molar-refractivity contribution in [3.05, 3.63) is 24.3 Å². The van der Waals surface area contributed by atoms with Crippen molar-refractivity contribution in [1.82, 2.24) is 4.98 Å². The Morgan fingerprint density at radius 3 is 2.60 bits per heavy atom. The van der Waals surface area contributed by atoms with E-state index in [1.807, 2.05) is 24.3 Å². The van der Waals surface area contributed by atoms with Gasteiger partial charge in [0.15, 0.2) is 0 Å². The van der Waals surface area contributed by atoms with Crippen molar-refractivity contribution >= 4 is 57.2 Å². The third-order valence-electron chi connectivity index (χ3n) is 1.93. The van der Waals surface area contributed by atoms with Crippen LogP contribution in [0.1, 0.15) is 0 Å². The fourth-order valence-electron chi connectivity index (χ4n) is 1.34. The maximum Gasteiger partial charge on any atom is 0.141 e. The van der Waals surface area contributed by atoms with E-state index in [1.54, 1.807) is 0 Å². The minimum atomic E-state index is 0.684. The first-order valence-electron chi connectivity index (χ1n) is 4.12. The van der Waals surface area contributed by atoms with Gasteiger partial charge in [0.25, 0.3) is 0 Å². The van der Waals surface area contributed by atoms with E-state index < -0.39 is 0 Å². The summed E-state index contributed by atoms with van der Waals surface area (Å²) >= 11 is 9.06. The van der Waals surface area contributed by atoms with Gasteiger partial charge in [-0.2, -0.15) is 9.98 Å². The van der Waals surface area contributed by atoms with Gasteiger partial charge in [0.05, 0.1) is 16.0 Å². The first-order valence-corrected chi connectivity index (χ1v) is 4.93. The molecule has 0 amide bonds. The molecule has 1 aromatic heterocycles. The van der Waals surface area contributed by atoms with Gasteiger partial charge in [0.2, 0.25) is 0 Å². The fraction of sp³-hybridized carbons (Fsp3) is 0. The molecule has 1 N–H and O–H groups in total. The molecule has 0 bridgehead atoms. The molecule has 1 aromatic carbocycles. The highest BCUT2D eigenvalue weighted by Crippen LogP contribution is 2.24. The minimum Gasteiger partial charge on any atom is -0.339 e. The number of nitrogens with zero attached hydrogens (tertiary/aromatic N) is 2. The van der Waals surface area contributed by atoms with Gasteiger partial charge in [-0.3, -0.25) is 0 Å². The molecule has 2 aromatic rings. The van der Waals surface area contributed by atoms with Crippen LogP contribution < -0.4 is 0 Å². The minimum absolute atomic E-state index is 0.684. The largest absolute Gasteiger partial charge is 0.339 e. The van der Waals surface area contributed by atoms with Crippen molar-refractivity contribution in [3.63, 3.8) is 0 Å². The Bertz CT molecular complexity index is 586. The van der Waals surface area contributed by atoms with Crippen LogP contribution in [-0.2, 0) is 0 Å². The maximum absolute atomic E-state index is 4.54. The Labute approximate surface area is 96.6 Å². The second-order valence-corrected chi connectivity index (χ2v) is 3.20. The third-order valence-corrected chi connectivity index (χ3v) is 2.11. The molecule has 2 rings (SSSR count). The van der Waals surface area contributed by atoms with E-state index in [-0.39, 0.29) is 0 Å². The predicted molar refractivity (Wildman–Crippen MR) is 67.7 cm³/mol. The standard InChI is InChI=1S/C10H5N3S2/c14-5-11-8-1-2-9-7(3-8)4-10(13-9)12-6-15/h1-4,13H. The Hall–Kier alpha value is -1.64. The second-order valence-electron chi connectivity index (χ2n) is 2.83. The lowest BCUT2D eigenvalue weighted by Crippen LogP contribution is -1.66. The zero-order valence-corrected chi connectivity index (χ0v) is 9.15. The molecule has 0 radical (unpaired) electrons. The van der Waals surface area contributed by atoms with E-state index in [0.29, 0.717) is 5.82 Å². The van der Waals surface area contributed by atoms with Crippen LogP contribution in [0.3, 0.4) is 0 Å². The van der Waals surface area contributed by atoms with Crippen molar-refractivity contribution in [2.75, 3.05) is 0 Å². The quantitative estimate of drug-likeness (QED) is 0.633. The van der Waals surface area contributed by atoms with Gasteiger partial charge < -0.3 is 4.98 Å². The number of H-pyrrole nitrogens is 1. The molecule has 0 saturated heterocycles. The summed E-state index contributed by atoms with van der Waals surface area (Å²) in [5.41, 5.74) is 1.75. The summed E-state index contributed by atoms with van der Waals surface area (Å²) in [5.74, 6) is 0.684. The molecule has 15 heavy (non-hydrogen) atoms.